The molecule has 8 heteroatoms. The van der Waals surface area contributed by atoms with Gasteiger partial charge in [-0.05, 0) is 74.2 Å². The topological polar surface area (TPSA) is 113 Å². The van der Waals surface area contributed by atoms with E-state index in [4.69, 9.17) is 5.11 Å². The predicted octanol–water partition coefficient (Wildman–Crippen LogP) is 2.54. The molecule has 0 bridgehead atoms. The molecule has 144 valence electrons. The Morgan fingerprint density at radius 1 is 0.963 bits per heavy atom. The largest absolute Gasteiger partial charge is 0.480 e. The molecule has 0 aliphatic carbocycles. The minimum Gasteiger partial charge on any atom is -0.480 e. The van der Waals surface area contributed by atoms with Gasteiger partial charge in [-0.25, -0.2) is 8.42 Å². The van der Waals surface area contributed by atoms with Crippen LogP contribution >= 0.6 is 0 Å². The lowest BCUT2D eigenvalue weighted by molar-refractivity contribution is -0.135. The Balaban J connectivity index is 2.27. The number of hydrogen-bond donors (Lipinski definition) is 3. The molecule has 2 aromatic rings. The number of carboxylic acid groups (broad SMARTS) is 1. The van der Waals surface area contributed by atoms with E-state index in [0.717, 1.165) is 11.1 Å². The van der Waals surface area contributed by atoms with Crippen LogP contribution in [-0.2, 0) is 14.8 Å². The number of hydrogen-bond acceptors (Lipinski definition) is 4. The fourth-order valence-electron chi connectivity index (χ4n) is 2.74. The van der Waals surface area contributed by atoms with Crippen LogP contribution in [0.1, 0.15) is 32.6 Å². The Kier molecular flexibility index (Phi) is 5.90. The first-order chi connectivity index (χ1) is 12.5. The molecule has 0 aliphatic rings. The molecule has 7 nitrogen and oxygen atoms in total. The third-order valence-corrected chi connectivity index (χ3v) is 6.02. The van der Waals surface area contributed by atoms with Crippen LogP contribution < -0.4 is 10.0 Å². The molecule has 0 spiro atoms. The van der Waals surface area contributed by atoms with Crippen LogP contribution in [0, 0.1) is 27.7 Å². The number of carbonyl (C=O) groups is 2. The molecule has 0 heterocycles. The monoisotopic (exact) mass is 390 g/mol. The predicted molar refractivity (Wildman–Crippen MR) is 103 cm³/mol. The highest BCUT2D eigenvalue weighted by Crippen LogP contribution is 2.27. The molecule has 0 fully saturated rings. The molecule has 1 amide bonds. The van der Waals surface area contributed by atoms with E-state index in [2.05, 4.69) is 10.0 Å². The number of nitrogens with one attached hydrogen (secondary N) is 2. The van der Waals surface area contributed by atoms with Crippen molar-refractivity contribution in [3.63, 3.8) is 0 Å². The lowest BCUT2D eigenvalue weighted by Crippen LogP contribution is -2.29. The van der Waals surface area contributed by atoms with Crippen molar-refractivity contribution >= 4 is 27.6 Å². The average molecular weight is 390 g/mol. The summed E-state index contributed by atoms with van der Waals surface area (Å²) in [5.74, 6) is -1.69. The Bertz CT molecular complexity index is 970. The van der Waals surface area contributed by atoms with E-state index in [1.54, 1.807) is 13.8 Å². The number of benzene rings is 2. The first kappa shape index (κ1) is 20.4. The van der Waals surface area contributed by atoms with Crippen LogP contribution in [0.5, 0.6) is 0 Å². The summed E-state index contributed by atoms with van der Waals surface area (Å²) in [6, 6.07) is 7.72. The number of carboxylic acids is 1. The average Bonchev–Trinajstić information content (AvgIpc) is 2.58. The summed E-state index contributed by atoms with van der Waals surface area (Å²) in [4.78, 5) is 22.6. The van der Waals surface area contributed by atoms with Crippen molar-refractivity contribution in [1.82, 2.24) is 5.32 Å². The Hall–Kier alpha value is -2.87. The van der Waals surface area contributed by atoms with Crippen LogP contribution in [-0.4, -0.2) is 31.9 Å². The summed E-state index contributed by atoms with van der Waals surface area (Å²) < 4.78 is 28.3. The number of anilines is 1. The molecule has 0 saturated heterocycles. The van der Waals surface area contributed by atoms with Crippen molar-refractivity contribution in [2.24, 2.45) is 0 Å². The summed E-state index contributed by atoms with van der Waals surface area (Å²) in [5.41, 5.74) is 3.71. The van der Waals surface area contributed by atoms with Gasteiger partial charge in [0.1, 0.15) is 6.54 Å². The number of carbonyl (C=O) groups excluding carboxylic acids is 1. The summed E-state index contributed by atoms with van der Waals surface area (Å²) >= 11 is 0. The number of aliphatic carboxylic acids is 1. The van der Waals surface area contributed by atoms with Gasteiger partial charge in [0.15, 0.2) is 0 Å². The zero-order valence-corrected chi connectivity index (χ0v) is 16.4. The Labute approximate surface area is 158 Å². The summed E-state index contributed by atoms with van der Waals surface area (Å²) in [6.07, 6.45) is 0. The minimum absolute atomic E-state index is 0.234. The van der Waals surface area contributed by atoms with E-state index in [-0.39, 0.29) is 10.5 Å². The van der Waals surface area contributed by atoms with Gasteiger partial charge in [0.2, 0.25) is 0 Å². The van der Waals surface area contributed by atoms with Gasteiger partial charge in [-0.15, -0.1) is 0 Å². The van der Waals surface area contributed by atoms with E-state index < -0.39 is 28.4 Å². The van der Waals surface area contributed by atoms with Gasteiger partial charge in [-0.3, -0.25) is 14.3 Å². The van der Waals surface area contributed by atoms with Crippen molar-refractivity contribution in [3.05, 3.63) is 58.1 Å². The molecular weight excluding hydrogens is 368 g/mol. The van der Waals surface area contributed by atoms with E-state index in [1.165, 1.54) is 24.3 Å². The highest BCUT2D eigenvalue weighted by Gasteiger charge is 2.22. The summed E-state index contributed by atoms with van der Waals surface area (Å²) in [6.45, 7) is 6.79. The molecule has 0 atom stereocenters. The van der Waals surface area contributed by atoms with Crippen LogP contribution in [0.2, 0.25) is 0 Å². The third-order valence-electron chi connectivity index (χ3n) is 4.37. The molecule has 0 unspecified atom stereocenters. The zero-order valence-electron chi connectivity index (χ0n) is 15.6. The van der Waals surface area contributed by atoms with Gasteiger partial charge >= 0.3 is 5.97 Å². The summed E-state index contributed by atoms with van der Waals surface area (Å²) in [7, 11) is -3.80. The standard InChI is InChI=1S/C19H22N2O5S/c1-11-9-12(2)14(4)18(13(11)3)27(25,26)21-16-7-5-15(6-8-16)19(24)20-10-17(22)23/h5-9,21H,10H2,1-4H3,(H,20,24)(H,22,23). The molecule has 0 aliphatic heterocycles. The Morgan fingerprint density at radius 3 is 1.96 bits per heavy atom. The van der Waals surface area contributed by atoms with Gasteiger partial charge in [0.25, 0.3) is 15.9 Å². The fraction of sp³-hybridized carbons (Fsp3) is 0.263. The minimum atomic E-state index is -3.80. The smallest absolute Gasteiger partial charge is 0.322 e. The van der Waals surface area contributed by atoms with Crippen LogP contribution in [0.4, 0.5) is 5.69 Å². The van der Waals surface area contributed by atoms with Crippen LogP contribution in [0.3, 0.4) is 0 Å². The molecular formula is C19H22N2O5S. The first-order valence-electron chi connectivity index (χ1n) is 8.23. The zero-order chi connectivity index (χ0) is 20.4. The molecule has 2 aromatic carbocycles. The number of amides is 1. The second-order valence-electron chi connectivity index (χ2n) is 6.35. The van der Waals surface area contributed by atoms with Crippen molar-refractivity contribution in [3.8, 4) is 0 Å². The van der Waals surface area contributed by atoms with Gasteiger partial charge in [0, 0.05) is 11.3 Å². The number of sulfonamides is 1. The second-order valence-corrected chi connectivity index (χ2v) is 7.97. The Morgan fingerprint density at radius 2 is 1.48 bits per heavy atom. The van der Waals surface area contributed by atoms with Gasteiger partial charge < -0.3 is 10.4 Å². The van der Waals surface area contributed by atoms with Crippen molar-refractivity contribution < 1.29 is 23.1 Å². The third kappa shape index (κ3) is 4.65. The maximum atomic E-state index is 12.9. The van der Waals surface area contributed by atoms with Gasteiger partial charge in [-0.2, -0.15) is 0 Å². The van der Waals surface area contributed by atoms with Crippen molar-refractivity contribution in [1.29, 1.82) is 0 Å². The molecule has 27 heavy (non-hydrogen) atoms. The first-order valence-corrected chi connectivity index (χ1v) is 9.71. The highest BCUT2D eigenvalue weighted by molar-refractivity contribution is 7.92. The van der Waals surface area contributed by atoms with E-state index in [9.17, 15) is 18.0 Å². The molecule has 3 N–H and O–H groups in total. The maximum absolute atomic E-state index is 12.9. The molecule has 0 saturated carbocycles. The van der Waals surface area contributed by atoms with Gasteiger partial charge in [0.05, 0.1) is 4.90 Å². The molecule has 2 rings (SSSR count). The second kappa shape index (κ2) is 7.79. The van der Waals surface area contributed by atoms with E-state index in [0.29, 0.717) is 16.8 Å². The SMILES string of the molecule is Cc1cc(C)c(C)c(S(=O)(=O)Nc2ccc(C(=O)NCC(=O)O)cc2)c1C. The molecule has 0 radical (unpaired) electrons. The normalized spacial score (nSPS) is 11.1. The highest BCUT2D eigenvalue weighted by atomic mass is 32.2. The fourth-order valence-corrected chi connectivity index (χ4v) is 4.41. The lowest BCUT2D eigenvalue weighted by atomic mass is 10.0. The van der Waals surface area contributed by atoms with Crippen molar-refractivity contribution in [2.45, 2.75) is 32.6 Å². The quantitative estimate of drug-likeness (QED) is 0.702. The maximum Gasteiger partial charge on any atom is 0.322 e. The molecule has 0 aromatic heterocycles. The summed E-state index contributed by atoms with van der Waals surface area (Å²) in [5, 5.41) is 10.8. The van der Waals surface area contributed by atoms with E-state index >= 15 is 0 Å². The van der Waals surface area contributed by atoms with Crippen molar-refractivity contribution in [2.75, 3.05) is 11.3 Å². The lowest BCUT2D eigenvalue weighted by Gasteiger charge is -2.17. The van der Waals surface area contributed by atoms with Gasteiger partial charge in [-0.1, -0.05) is 6.07 Å². The van der Waals surface area contributed by atoms with Crippen LogP contribution in [0.25, 0.3) is 0 Å². The number of aryl methyl sites for hydroxylation is 2. The van der Waals surface area contributed by atoms with Crippen LogP contribution in [0.15, 0.2) is 35.2 Å². The van der Waals surface area contributed by atoms with E-state index in [1.807, 2.05) is 19.9 Å². The number of rotatable bonds is 6.